The summed E-state index contributed by atoms with van der Waals surface area (Å²) in [7, 11) is 0. The molecule has 0 aliphatic heterocycles. The first-order valence-corrected chi connectivity index (χ1v) is 7.64. The fraction of sp³-hybridized carbons (Fsp3) is 0.438. The van der Waals surface area contributed by atoms with Gasteiger partial charge in [-0.25, -0.2) is 0 Å². The second kappa shape index (κ2) is 7.10. The van der Waals surface area contributed by atoms with E-state index in [0.717, 1.165) is 31.2 Å². The normalized spacial score (nSPS) is 15.9. The molecule has 1 aromatic heterocycles. The molecule has 6 nitrogen and oxygen atoms in total. The lowest BCUT2D eigenvalue weighted by molar-refractivity contribution is -0.115. The Labute approximate surface area is 141 Å². The maximum absolute atomic E-state index is 11.5. The lowest BCUT2D eigenvalue weighted by Gasteiger charge is -2.17. The Balaban J connectivity index is 0.00000192. The number of anilines is 1. The van der Waals surface area contributed by atoms with Crippen molar-refractivity contribution in [2.45, 2.75) is 44.6 Å². The lowest BCUT2D eigenvalue weighted by atomic mass is 9.99. The van der Waals surface area contributed by atoms with E-state index in [9.17, 15) is 4.79 Å². The molecule has 0 spiro atoms. The molecule has 1 heterocycles. The molecule has 23 heavy (non-hydrogen) atoms. The van der Waals surface area contributed by atoms with Gasteiger partial charge in [-0.15, -0.1) is 12.4 Å². The molecule has 1 aliphatic rings. The topological polar surface area (TPSA) is 94.0 Å². The van der Waals surface area contributed by atoms with Gasteiger partial charge in [0.25, 0.3) is 5.89 Å². The highest BCUT2D eigenvalue weighted by Gasteiger charge is 2.36. The Hall–Kier alpha value is -1.92. The number of carbonyl (C=O) groups excluding carboxylic acids is 1. The molecule has 1 aromatic carbocycles. The van der Waals surface area contributed by atoms with E-state index in [4.69, 9.17) is 10.3 Å². The molecule has 0 bridgehead atoms. The number of nitrogens with one attached hydrogen (secondary N) is 1. The van der Waals surface area contributed by atoms with E-state index in [1.165, 1.54) is 0 Å². The minimum absolute atomic E-state index is 0. The van der Waals surface area contributed by atoms with Gasteiger partial charge in [-0.1, -0.05) is 31.0 Å². The second-order valence-corrected chi connectivity index (χ2v) is 5.77. The standard InChI is InChI=1S/C16H20N4O2.ClH/c1-2-13(21)18-12-7-5-6-11(10-12)14-19-15(20-22-14)16(17)8-3-4-9-16;/h5-7,10H,2-4,8-9,17H2,1H3,(H,18,21);1H. The summed E-state index contributed by atoms with van der Waals surface area (Å²) in [5.74, 6) is 0.970. The van der Waals surface area contributed by atoms with Gasteiger partial charge in [0, 0.05) is 17.7 Å². The molecule has 1 fully saturated rings. The highest BCUT2D eigenvalue weighted by atomic mass is 35.5. The number of nitrogens with zero attached hydrogens (tertiary/aromatic N) is 2. The maximum Gasteiger partial charge on any atom is 0.258 e. The lowest BCUT2D eigenvalue weighted by Crippen LogP contribution is -2.34. The van der Waals surface area contributed by atoms with Crippen LogP contribution in [0, 0.1) is 0 Å². The van der Waals surface area contributed by atoms with Crippen LogP contribution in [-0.2, 0) is 10.3 Å². The zero-order valence-corrected chi connectivity index (χ0v) is 13.9. The average molecular weight is 337 g/mol. The minimum atomic E-state index is -0.463. The van der Waals surface area contributed by atoms with Gasteiger partial charge < -0.3 is 15.6 Å². The molecule has 7 heteroatoms. The number of carbonyl (C=O) groups is 1. The molecule has 1 amide bonds. The van der Waals surface area contributed by atoms with Crippen LogP contribution in [0.15, 0.2) is 28.8 Å². The number of amides is 1. The molecule has 1 saturated carbocycles. The van der Waals surface area contributed by atoms with Crippen LogP contribution in [0.25, 0.3) is 11.5 Å². The third-order valence-electron chi connectivity index (χ3n) is 4.08. The van der Waals surface area contributed by atoms with Gasteiger partial charge in [-0.3, -0.25) is 4.79 Å². The van der Waals surface area contributed by atoms with E-state index in [-0.39, 0.29) is 18.3 Å². The van der Waals surface area contributed by atoms with Crippen molar-refractivity contribution in [3.05, 3.63) is 30.1 Å². The summed E-state index contributed by atoms with van der Waals surface area (Å²) in [4.78, 5) is 15.9. The summed E-state index contributed by atoms with van der Waals surface area (Å²) < 4.78 is 5.36. The van der Waals surface area contributed by atoms with E-state index in [2.05, 4.69) is 15.5 Å². The SMILES string of the molecule is CCC(=O)Nc1cccc(-c2nc(C3(N)CCCC3)no2)c1.Cl. The zero-order chi connectivity index (χ0) is 15.6. The predicted octanol–water partition coefficient (Wildman–Crippen LogP) is 3.23. The van der Waals surface area contributed by atoms with Crippen molar-refractivity contribution in [1.82, 2.24) is 10.1 Å². The molecule has 124 valence electrons. The summed E-state index contributed by atoms with van der Waals surface area (Å²) in [6.45, 7) is 1.81. The van der Waals surface area contributed by atoms with E-state index < -0.39 is 5.54 Å². The number of rotatable bonds is 4. The van der Waals surface area contributed by atoms with E-state index >= 15 is 0 Å². The van der Waals surface area contributed by atoms with Gasteiger partial charge >= 0.3 is 0 Å². The first kappa shape index (κ1) is 17.4. The quantitative estimate of drug-likeness (QED) is 0.893. The summed E-state index contributed by atoms with van der Waals surface area (Å²) >= 11 is 0. The van der Waals surface area contributed by atoms with E-state index in [0.29, 0.717) is 23.8 Å². The van der Waals surface area contributed by atoms with Gasteiger partial charge in [-0.2, -0.15) is 4.98 Å². The largest absolute Gasteiger partial charge is 0.334 e. The average Bonchev–Trinajstić information content (AvgIpc) is 3.17. The van der Waals surface area contributed by atoms with Crippen LogP contribution >= 0.6 is 12.4 Å². The van der Waals surface area contributed by atoms with Gasteiger partial charge in [0.15, 0.2) is 5.82 Å². The highest BCUT2D eigenvalue weighted by Crippen LogP contribution is 2.35. The van der Waals surface area contributed by atoms with Crippen LogP contribution in [0.4, 0.5) is 5.69 Å². The molecule has 3 rings (SSSR count). The Morgan fingerprint density at radius 2 is 2.13 bits per heavy atom. The first-order valence-electron chi connectivity index (χ1n) is 7.64. The number of hydrogen-bond acceptors (Lipinski definition) is 5. The van der Waals surface area contributed by atoms with Crippen LogP contribution in [0.2, 0.25) is 0 Å². The van der Waals surface area contributed by atoms with Crippen molar-refractivity contribution < 1.29 is 9.32 Å². The minimum Gasteiger partial charge on any atom is -0.334 e. The van der Waals surface area contributed by atoms with E-state index in [1.54, 1.807) is 0 Å². The van der Waals surface area contributed by atoms with Gasteiger partial charge in [0.05, 0.1) is 5.54 Å². The summed E-state index contributed by atoms with van der Waals surface area (Å²) in [5, 5.41) is 6.87. The maximum atomic E-state index is 11.5. The van der Waals surface area contributed by atoms with Crippen molar-refractivity contribution in [1.29, 1.82) is 0 Å². The molecule has 0 saturated heterocycles. The molecule has 3 N–H and O–H groups in total. The predicted molar refractivity (Wildman–Crippen MR) is 90.2 cm³/mol. The van der Waals surface area contributed by atoms with Crippen LogP contribution in [0.5, 0.6) is 0 Å². The third kappa shape index (κ3) is 3.71. The summed E-state index contributed by atoms with van der Waals surface area (Å²) in [6, 6.07) is 7.37. The van der Waals surface area contributed by atoms with Crippen molar-refractivity contribution in [3.63, 3.8) is 0 Å². The fourth-order valence-electron chi connectivity index (χ4n) is 2.75. The highest BCUT2D eigenvalue weighted by molar-refractivity contribution is 5.91. The molecular weight excluding hydrogens is 316 g/mol. The van der Waals surface area contributed by atoms with Crippen molar-refractivity contribution in [3.8, 4) is 11.5 Å². The Morgan fingerprint density at radius 3 is 2.83 bits per heavy atom. The molecule has 1 aliphatic carbocycles. The number of benzene rings is 1. The number of hydrogen-bond donors (Lipinski definition) is 2. The first-order chi connectivity index (χ1) is 10.6. The summed E-state index contributed by atoms with van der Waals surface area (Å²) in [6.07, 6.45) is 4.40. The van der Waals surface area contributed by atoms with Crippen molar-refractivity contribution in [2.24, 2.45) is 5.73 Å². The number of halogens is 1. The number of aromatic nitrogens is 2. The Morgan fingerprint density at radius 1 is 1.39 bits per heavy atom. The number of nitrogens with two attached hydrogens (primary N) is 1. The molecule has 0 unspecified atom stereocenters. The van der Waals surface area contributed by atoms with Crippen LogP contribution < -0.4 is 11.1 Å². The molecule has 0 atom stereocenters. The van der Waals surface area contributed by atoms with Crippen molar-refractivity contribution >= 4 is 24.0 Å². The smallest absolute Gasteiger partial charge is 0.258 e. The van der Waals surface area contributed by atoms with Crippen molar-refractivity contribution in [2.75, 3.05) is 5.32 Å². The van der Waals surface area contributed by atoms with Gasteiger partial charge in [0.2, 0.25) is 5.91 Å². The van der Waals surface area contributed by atoms with Crippen LogP contribution in [0.3, 0.4) is 0 Å². The molecule has 0 radical (unpaired) electrons. The second-order valence-electron chi connectivity index (χ2n) is 5.77. The molecule has 2 aromatic rings. The monoisotopic (exact) mass is 336 g/mol. The van der Waals surface area contributed by atoms with Crippen LogP contribution in [-0.4, -0.2) is 16.0 Å². The Kier molecular flexibility index (Phi) is 5.38. The zero-order valence-electron chi connectivity index (χ0n) is 13.0. The molecular formula is C16H21ClN4O2. The van der Waals surface area contributed by atoms with Gasteiger partial charge in [0.1, 0.15) is 0 Å². The Bertz CT molecular complexity index is 680. The fourth-order valence-corrected chi connectivity index (χ4v) is 2.75. The van der Waals surface area contributed by atoms with E-state index in [1.807, 2.05) is 31.2 Å². The van der Waals surface area contributed by atoms with Gasteiger partial charge in [-0.05, 0) is 31.0 Å². The summed E-state index contributed by atoms with van der Waals surface area (Å²) in [5.41, 5.74) is 7.37. The third-order valence-corrected chi connectivity index (χ3v) is 4.08. The van der Waals surface area contributed by atoms with Crippen LogP contribution in [0.1, 0.15) is 44.9 Å².